The molecule has 0 aromatic heterocycles. The van der Waals surface area contributed by atoms with Crippen molar-refractivity contribution in [1.29, 1.82) is 5.26 Å². The topological polar surface area (TPSA) is 78.9 Å². The second-order valence-corrected chi connectivity index (χ2v) is 2.73. The molecule has 1 unspecified atom stereocenters. The highest BCUT2D eigenvalue weighted by Gasteiger charge is 2.02. The van der Waals surface area contributed by atoms with E-state index >= 15 is 0 Å². The van der Waals surface area contributed by atoms with Crippen LogP contribution in [-0.2, 0) is 4.79 Å². The van der Waals surface area contributed by atoms with Crippen molar-refractivity contribution in [3.8, 4) is 6.07 Å². The molecule has 0 aliphatic carbocycles. The molecule has 0 fully saturated rings. The average molecular weight is 169 g/mol. The van der Waals surface area contributed by atoms with Crippen LogP contribution in [-0.4, -0.2) is 19.0 Å². The third kappa shape index (κ3) is 5.69. The molecule has 1 amide bonds. The van der Waals surface area contributed by atoms with Crippen molar-refractivity contribution < 1.29 is 4.79 Å². The van der Waals surface area contributed by atoms with Crippen LogP contribution in [0.2, 0.25) is 0 Å². The third-order valence-corrected chi connectivity index (χ3v) is 1.43. The summed E-state index contributed by atoms with van der Waals surface area (Å²) >= 11 is 0. The van der Waals surface area contributed by atoms with Gasteiger partial charge in [0, 0.05) is 13.0 Å². The quantitative estimate of drug-likeness (QED) is 0.608. The first-order valence-corrected chi connectivity index (χ1v) is 4.07. The fourth-order valence-electron chi connectivity index (χ4n) is 0.664. The molecule has 0 saturated carbocycles. The molecule has 0 spiro atoms. The van der Waals surface area contributed by atoms with Gasteiger partial charge in [-0.25, -0.2) is 0 Å². The van der Waals surface area contributed by atoms with Crippen LogP contribution in [0.15, 0.2) is 0 Å². The molecule has 1 atom stereocenters. The Balaban J connectivity index is 3.39. The summed E-state index contributed by atoms with van der Waals surface area (Å²) < 4.78 is 0. The van der Waals surface area contributed by atoms with E-state index in [1.54, 1.807) is 6.92 Å². The van der Waals surface area contributed by atoms with E-state index in [9.17, 15) is 4.79 Å². The minimum absolute atomic E-state index is 0.0254. The number of carbonyl (C=O) groups is 1. The Kier molecular flexibility index (Phi) is 6.02. The van der Waals surface area contributed by atoms with Crippen LogP contribution in [0.5, 0.6) is 0 Å². The first-order chi connectivity index (χ1) is 5.70. The van der Waals surface area contributed by atoms with E-state index in [2.05, 4.69) is 5.32 Å². The summed E-state index contributed by atoms with van der Waals surface area (Å²) in [6.45, 7) is 2.73. The van der Waals surface area contributed by atoms with Crippen LogP contribution in [0, 0.1) is 17.2 Å². The molecule has 3 N–H and O–H groups in total. The Morgan fingerprint density at radius 1 is 1.75 bits per heavy atom. The van der Waals surface area contributed by atoms with E-state index in [1.807, 2.05) is 6.07 Å². The van der Waals surface area contributed by atoms with E-state index in [0.29, 0.717) is 25.9 Å². The summed E-state index contributed by atoms with van der Waals surface area (Å²) in [6.07, 6.45) is 1.15. The molecule has 4 nitrogen and oxygen atoms in total. The number of carbonyl (C=O) groups excluding carboxylic acids is 1. The molecule has 0 aliphatic rings. The molecule has 0 heterocycles. The van der Waals surface area contributed by atoms with Crippen molar-refractivity contribution in [1.82, 2.24) is 5.32 Å². The van der Waals surface area contributed by atoms with Crippen LogP contribution in [0.3, 0.4) is 0 Å². The lowest BCUT2D eigenvalue weighted by atomic mass is 10.2. The monoisotopic (exact) mass is 169 g/mol. The summed E-state index contributed by atoms with van der Waals surface area (Å²) in [5, 5.41) is 11.1. The normalized spacial score (nSPS) is 11.8. The lowest BCUT2D eigenvalue weighted by molar-refractivity contribution is -0.121. The minimum atomic E-state index is -0.119. The van der Waals surface area contributed by atoms with E-state index in [1.165, 1.54) is 0 Å². The Morgan fingerprint density at radius 3 is 2.92 bits per heavy atom. The summed E-state index contributed by atoms with van der Waals surface area (Å²) in [5.41, 5.74) is 5.23. The molecule has 0 saturated heterocycles. The van der Waals surface area contributed by atoms with Gasteiger partial charge >= 0.3 is 0 Å². The third-order valence-electron chi connectivity index (χ3n) is 1.43. The Labute approximate surface area is 72.7 Å². The predicted octanol–water partition coefficient (Wildman–Crippen LogP) is 0.00118. The zero-order valence-electron chi connectivity index (χ0n) is 7.34. The van der Waals surface area contributed by atoms with Crippen molar-refractivity contribution in [3.63, 3.8) is 0 Å². The smallest absolute Gasteiger partial charge is 0.220 e. The Morgan fingerprint density at radius 2 is 2.42 bits per heavy atom. The highest BCUT2D eigenvalue weighted by molar-refractivity contribution is 5.75. The van der Waals surface area contributed by atoms with Gasteiger partial charge in [-0.1, -0.05) is 0 Å². The van der Waals surface area contributed by atoms with E-state index in [4.69, 9.17) is 11.0 Å². The molecular weight excluding hydrogens is 154 g/mol. The average Bonchev–Trinajstić information content (AvgIpc) is 2.10. The first-order valence-electron chi connectivity index (χ1n) is 4.07. The minimum Gasteiger partial charge on any atom is -0.355 e. The van der Waals surface area contributed by atoms with Crippen molar-refractivity contribution in [2.45, 2.75) is 19.8 Å². The van der Waals surface area contributed by atoms with Gasteiger partial charge in [0.25, 0.3) is 0 Å². The van der Waals surface area contributed by atoms with E-state index < -0.39 is 0 Å². The first kappa shape index (κ1) is 10.9. The van der Waals surface area contributed by atoms with Crippen LogP contribution in [0.4, 0.5) is 0 Å². The van der Waals surface area contributed by atoms with Gasteiger partial charge in [0.05, 0.1) is 12.0 Å². The van der Waals surface area contributed by atoms with Crippen LogP contribution < -0.4 is 11.1 Å². The number of nitrogens with one attached hydrogen (secondary N) is 1. The molecule has 4 heteroatoms. The largest absolute Gasteiger partial charge is 0.355 e. The highest BCUT2D eigenvalue weighted by Crippen LogP contribution is 1.90. The predicted molar refractivity (Wildman–Crippen MR) is 46.1 cm³/mol. The van der Waals surface area contributed by atoms with Gasteiger partial charge in [-0.2, -0.15) is 5.26 Å². The van der Waals surface area contributed by atoms with Crippen molar-refractivity contribution in [2.24, 2.45) is 11.7 Å². The number of rotatable bonds is 5. The fourth-order valence-corrected chi connectivity index (χ4v) is 0.664. The zero-order valence-corrected chi connectivity index (χ0v) is 7.34. The lowest BCUT2D eigenvalue weighted by Crippen LogP contribution is -2.27. The molecule has 68 valence electrons. The summed E-state index contributed by atoms with van der Waals surface area (Å²) in [4.78, 5) is 10.9. The van der Waals surface area contributed by atoms with Crippen LogP contribution >= 0.6 is 0 Å². The number of hydrogen-bond acceptors (Lipinski definition) is 3. The van der Waals surface area contributed by atoms with Gasteiger partial charge in [0.2, 0.25) is 5.91 Å². The van der Waals surface area contributed by atoms with Gasteiger partial charge in [-0.05, 0) is 19.9 Å². The van der Waals surface area contributed by atoms with Crippen LogP contribution in [0.1, 0.15) is 19.8 Å². The second-order valence-electron chi connectivity index (χ2n) is 2.73. The van der Waals surface area contributed by atoms with Gasteiger partial charge in [0.15, 0.2) is 0 Å². The Bertz CT molecular complexity index is 174. The number of nitriles is 1. The van der Waals surface area contributed by atoms with Crippen molar-refractivity contribution >= 4 is 5.91 Å². The molecular formula is C8H15N3O. The molecule has 0 radical (unpaired) electrons. The van der Waals surface area contributed by atoms with Crippen molar-refractivity contribution in [2.75, 3.05) is 13.1 Å². The maximum absolute atomic E-state index is 10.9. The number of nitrogens with zero attached hydrogens (tertiary/aromatic N) is 1. The highest BCUT2D eigenvalue weighted by atomic mass is 16.1. The molecule has 0 bridgehead atoms. The molecule has 0 aromatic rings. The summed E-state index contributed by atoms with van der Waals surface area (Å²) in [5.74, 6) is -0.144. The van der Waals surface area contributed by atoms with Gasteiger partial charge < -0.3 is 11.1 Å². The maximum Gasteiger partial charge on any atom is 0.220 e. The standard InChI is InChI=1S/C8H15N3O/c1-7(5-10)6-11-8(12)3-2-4-9/h7H,2-4,6,9H2,1H3,(H,11,12). The van der Waals surface area contributed by atoms with E-state index in [0.717, 1.165) is 0 Å². The Hall–Kier alpha value is -1.08. The summed E-state index contributed by atoms with van der Waals surface area (Å²) in [7, 11) is 0. The summed E-state index contributed by atoms with van der Waals surface area (Å²) in [6, 6.07) is 2.04. The second kappa shape index (κ2) is 6.62. The van der Waals surface area contributed by atoms with Gasteiger partial charge in [-0.3, -0.25) is 4.79 Å². The van der Waals surface area contributed by atoms with Crippen molar-refractivity contribution in [3.05, 3.63) is 0 Å². The van der Waals surface area contributed by atoms with Gasteiger partial charge in [-0.15, -0.1) is 0 Å². The number of hydrogen-bond donors (Lipinski definition) is 2. The van der Waals surface area contributed by atoms with Gasteiger partial charge in [0.1, 0.15) is 0 Å². The SMILES string of the molecule is CC(C#N)CNC(=O)CCCN. The molecule has 0 aromatic carbocycles. The van der Waals surface area contributed by atoms with E-state index in [-0.39, 0.29) is 11.8 Å². The molecule has 0 rings (SSSR count). The zero-order chi connectivity index (χ0) is 9.40. The fraction of sp³-hybridized carbons (Fsp3) is 0.750. The number of amides is 1. The number of nitrogens with two attached hydrogens (primary N) is 1. The molecule has 12 heavy (non-hydrogen) atoms. The lowest BCUT2D eigenvalue weighted by Gasteiger charge is -2.04. The van der Waals surface area contributed by atoms with Crippen LogP contribution in [0.25, 0.3) is 0 Å². The maximum atomic E-state index is 10.9. The molecule has 0 aliphatic heterocycles.